The SMILES string of the molecule is O=C1CCCCC2(CCSCC2)N1. The Balaban J connectivity index is 2.04. The third-order valence-electron chi connectivity index (χ3n) is 3.16. The molecule has 2 rings (SSSR count). The largest absolute Gasteiger partial charge is 0.351 e. The molecule has 0 aromatic rings. The van der Waals surface area contributed by atoms with Crippen molar-refractivity contribution >= 4 is 17.7 Å². The van der Waals surface area contributed by atoms with Crippen molar-refractivity contribution in [2.45, 2.75) is 44.1 Å². The van der Waals surface area contributed by atoms with Gasteiger partial charge in [-0.05, 0) is 37.2 Å². The molecule has 1 spiro atoms. The molecular weight excluding hydrogens is 182 g/mol. The van der Waals surface area contributed by atoms with Crippen LogP contribution in [0.3, 0.4) is 0 Å². The van der Waals surface area contributed by atoms with Crippen LogP contribution in [0.15, 0.2) is 0 Å². The Morgan fingerprint density at radius 2 is 1.92 bits per heavy atom. The summed E-state index contributed by atoms with van der Waals surface area (Å²) >= 11 is 2.02. The van der Waals surface area contributed by atoms with Crippen LogP contribution in [-0.2, 0) is 4.79 Å². The van der Waals surface area contributed by atoms with E-state index in [0.29, 0.717) is 0 Å². The highest BCUT2D eigenvalue weighted by Crippen LogP contribution is 2.33. The molecule has 0 bridgehead atoms. The lowest BCUT2D eigenvalue weighted by molar-refractivity contribution is -0.122. The second-order valence-electron chi connectivity index (χ2n) is 4.15. The fraction of sp³-hybridized carbons (Fsp3) is 0.900. The molecule has 2 fully saturated rings. The second kappa shape index (κ2) is 3.91. The van der Waals surface area contributed by atoms with E-state index in [9.17, 15) is 4.79 Å². The lowest BCUT2D eigenvalue weighted by atomic mass is 9.87. The molecule has 0 aliphatic carbocycles. The molecule has 0 radical (unpaired) electrons. The van der Waals surface area contributed by atoms with Crippen LogP contribution < -0.4 is 5.32 Å². The van der Waals surface area contributed by atoms with Crippen molar-refractivity contribution in [1.29, 1.82) is 0 Å². The number of hydrogen-bond donors (Lipinski definition) is 1. The smallest absolute Gasteiger partial charge is 0.220 e. The van der Waals surface area contributed by atoms with Crippen LogP contribution in [0.5, 0.6) is 0 Å². The van der Waals surface area contributed by atoms with Crippen molar-refractivity contribution in [1.82, 2.24) is 5.32 Å². The maximum absolute atomic E-state index is 11.4. The molecule has 3 heteroatoms. The van der Waals surface area contributed by atoms with E-state index < -0.39 is 0 Å². The van der Waals surface area contributed by atoms with Crippen LogP contribution in [0.4, 0.5) is 0 Å². The van der Waals surface area contributed by atoms with Gasteiger partial charge >= 0.3 is 0 Å². The van der Waals surface area contributed by atoms with E-state index in [2.05, 4.69) is 5.32 Å². The van der Waals surface area contributed by atoms with E-state index in [1.807, 2.05) is 11.8 Å². The van der Waals surface area contributed by atoms with Gasteiger partial charge in [-0.15, -0.1) is 0 Å². The summed E-state index contributed by atoms with van der Waals surface area (Å²) in [6.07, 6.45) is 6.63. The average molecular weight is 199 g/mol. The summed E-state index contributed by atoms with van der Waals surface area (Å²) in [6.45, 7) is 0. The first-order valence-corrected chi connectivity index (χ1v) is 6.35. The maximum atomic E-state index is 11.4. The number of thioether (sulfide) groups is 1. The van der Waals surface area contributed by atoms with Crippen LogP contribution in [0.1, 0.15) is 38.5 Å². The Hall–Kier alpha value is -0.180. The summed E-state index contributed by atoms with van der Waals surface area (Å²) in [5.41, 5.74) is 0.193. The molecule has 1 amide bonds. The first kappa shape index (κ1) is 9.38. The molecule has 2 saturated heterocycles. The standard InChI is InChI=1S/C10H17NOS/c12-9-3-1-2-4-10(11-9)5-7-13-8-6-10/h1-8H2,(H,11,12). The Morgan fingerprint density at radius 1 is 1.15 bits per heavy atom. The van der Waals surface area contributed by atoms with E-state index in [1.54, 1.807) is 0 Å². The molecule has 0 saturated carbocycles. The highest BCUT2D eigenvalue weighted by atomic mass is 32.2. The van der Waals surface area contributed by atoms with Gasteiger partial charge in [0.15, 0.2) is 0 Å². The summed E-state index contributed by atoms with van der Waals surface area (Å²) in [7, 11) is 0. The minimum Gasteiger partial charge on any atom is -0.351 e. The van der Waals surface area contributed by atoms with E-state index >= 15 is 0 Å². The second-order valence-corrected chi connectivity index (χ2v) is 5.37. The Bertz CT molecular complexity index is 199. The number of carbonyl (C=O) groups excluding carboxylic acids is 1. The van der Waals surface area contributed by atoms with Crippen molar-refractivity contribution in [3.05, 3.63) is 0 Å². The van der Waals surface area contributed by atoms with E-state index in [4.69, 9.17) is 0 Å². The average Bonchev–Trinajstić information content (AvgIpc) is 2.29. The van der Waals surface area contributed by atoms with Gasteiger partial charge < -0.3 is 5.32 Å². The summed E-state index contributed by atoms with van der Waals surface area (Å²) in [5.74, 6) is 2.73. The predicted molar refractivity (Wildman–Crippen MR) is 55.9 cm³/mol. The van der Waals surface area contributed by atoms with Gasteiger partial charge in [0.05, 0.1) is 0 Å². The molecule has 2 nitrogen and oxygen atoms in total. The van der Waals surface area contributed by atoms with Crippen LogP contribution in [0.25, 0.3) is 0 Å². The lowest BCUT2D eigenvalue weighted by Crippen LogP contribution is -2.49. The molecule has 2 aliphatic heterocycles. The molecule has 2 heterocycles. The van der Waals surface area contributed by atoms with Gasteiger partial charge in [0.1, 0.15) is 0 Å². The van der Waals surface area contributed by atoms with Crippen molar-refractivity contribution in [2.75, 3.05) is 11.5 Å². The predicted octanol–water partition coefficient (Wildman–Crippen LogP) is 1.94. The normalized spacial score (nSPS) is 28.2. The van der Waals surface area contributed by atoms with Gasteiger partial charge in [-0.3, -0.25) is 4.79 Å². The van der Waals surface area contributed by atoms with E-state index in [1.165, 1.54) is 37.2 Å². The quantitative estimate of drug-likeness (QED) is 0.646. The van der Waals surface area contributed by atoms with Crippen molar-refractivity contribution in [3.63, 3.8) is 0 Å². The lowest BCUT2D eigenvalue weighted by Gasteiger charge is -2.36. The molecule has 0 unspecified atom stereocenters. The molecule has 2 aliphatic rings. The van der Waals surface area contributed by atoms with Gasteiger partial charge in [-0.25, -0.2) is 0 Å². The fourth-order valence-electron chi connectivity index (χ4n) is 2.31. The fourth-order valence-corrected chi connectivity index (χ4v) is 3.58. The monoisotopic (exact) mass is 199 g/mol. The first-order chi connectivity index (χ1) is 6.31. The topological polar surface area (TPSA) is 29.1 Å². The highest BCUT2D eigenvalue weighted by Gasteiger charge is 2.34. The Kier molecular flexibility index (Phi) is 2.82. The molecule has 0 aromatic carbocycles. The van der Waals surface area contributed by atoms with Crippen LogP contribution in [0.2, 0.25) is 0 Å². The Morgan fingerprint density at radius 3 is 2.69 bits per heavy atom. The molecule has 1 N–H and O–H groups in total. The zero-order chi connectivity index (χ0) is 9.15. The minimum atomic E-state index is 0.193. The third kappa shape index (κ3) is 2.19. The summed E-state index contributed by atoms with van der Waals surface area (Å²) < 4.78 is 0. The van der Waals surface area contributed by atoms with Crippen molar-refractivity contribution in [3.8, 4) is 0 Å². The van der Waals surface area contributed by atoms with Crippen LogP contribution in [-0.4, -0.2) is 23.0 Å². The molecule has 13 heavy (non-hydrogen) atoms. The van der Waals surface area contributed by atoms with Gasteiger partial charge in [0, 0.05) is 12.0 Å². The van der Waals surface area contributed by atoms with Crippen molar-refractivity contribution in [2.24, 2.45) is 0 Å². The van der Waals surface area contributed by atoms with Crippen LogP contribution >= 0.6 is 11.8 Å². The van der Waals surface area contributed by atoms with Crippen molar-refractivity contribution < 1.29 is 4.79 Å². The number of amides is 1. The number of carbonyl (C=O) groups is 1. The number of nitrogens with one attached hydrogen (secondary N) is 1. The maximum Gasteiger partial charge on any atom is 0.220 e. The van der Waals surface area contributed by atoms with Crippen LogP contribution in [0, 0.1) is 0 Å². The van der Waals surface area contributed by atoms with E-state index in [-0.39, 0.29) is 11.4 Å². The zero-order valence-electron chi connectivity index (χ0n) is 7.97. The zero-order valence-corrected chi connectivity index (χ0v) is 8.79. The summed E-state index contributed by atoms with van der Waals surface area (Å²) in [6, 6.07) is 0. The van der Waals surface area contributed by atoms with Gasteiger partial charge in [-0.2, -0.15) is 11.8 Å². The number of rotatable bonds is 0. The highest BCUT2D eigenvalue weighted by molar-refractivity contribution is 7.99. The molecule has 74 valence electrons. The molecule has 0 aromatic heterocycles. The molecule has 0 atom stereocenters. The summed E-state index contributed by atoms with van der Waals surface area (Å²) in [4.78, 5) is 11.4. The summed E-state index contributed by atoms with van der Waals surface area (Å²) in [5, 5.41) is 3.24. The van der Waals surface area contributed by atoms with E-state index in [0.717, 1.165) is 12.8 Å². The third-order valence-corrected chi connectivity index (χ3v) is 4.15. The number of hydrogen-bond acceptors (Lipinski definition) is 2. The van der Waals surface area contributed by atoms with Gasteiger partial charge in [-0.1, -0.05) is 6.42 Å². The Labute approximate surface area is 83.8 Å². The first-order valence-electron chi connectivity index (χ1n) is 5.20. The van der Waals surface area contributed by atoms with Gasteiger partial charge in [0.2, 0.25) is 5.91 Å². The van der Waals surface area contributed by atoms with Gasteiger partial charge in [0.25, 0.3) is 0 Å². The minimum absolute atomic E-state index is 0.193. The molecular formula is C10H17NOS.